The van der Waals surface area contributed by atoms with Gasteiger partial charge in [-0.25, -0.2) is 4.79 Å². The first-order chi connectivity index (χ1) is 14.2. The summed E-state index contributed by atoms with van der Waals surface area (Å²) in [5.41, 5.74) is 4.43. The summed E-state index contributed by atoms with van der Waals surface area (Å²) in [6, 6.07) is 9.34. The monoisotopic (exact) mass is 414 g/mol. The van der Waals surface area contributed by atoms with Crippen LogP contribution in [-0.4, -0.2) is 41.8 Å². The third kappa shape index (κ3) is 4.43. The highest BCUT2D eigenvalue weighted by molar-refractivity contribution is 6.08. The van der Waals surface area contributed by atoms with Crippen molar-refractivity contribution >= 4 is 23.8 Å². The lowest BCUT2D eigenvalue weighted by atomic mass is 9.99. The van der Waals surface area contributed by atoms with Crippen molar-refractivity contribution in [3.63, 3.8) is 0 Å². The van der Waals surface area contributed by atoms with Gasteiger partial charge in [-0.2, -0.15) is 0 Å². The van der Waals surface area contributed by atoms with E-state index in [1.807, 2.05) is 0 Å². The first kappa shape index (κ1) is 20.9. The van der Waals surface area contributed by atoms with Gasteiger partial charge in [-0.05, 0) is 43.7 Å². The highest BCUT2D eigenvalue weighted by atomic mass is 16.5. The maximum absolute atomic E-state index is 12.8. The van der Waals surface area contributed by atoms with Crippen molar-refractivity contribution in [3.8, 4) is 5.75 Å². The molecule has 10 nitrogen and oxygen atoms in total. The fourth-order valence-electron chi connectivity index (χ4n) is 2.97. The van der Waals surface area contributed by atoms with E-state index in [4.69, 9.17) is 14.9 Å². The first-order valence-electron chi connectivity index (χ1n) is 9.17. The maximum Gasteiger partial charge on any atom is 0.325 e. The van der Waals surface area contributed by atoms with Gasteiger partial charge in [0.2, 0.25) is 5.91 Å². The SMILES string of the molecule is Cc1ccc(C2(C)NC(=O)N(CC(=O)NCc3ccc(OCC(N)=O)cc3)C2=O)o1. The summed E-state index contributed by atoms with van der Waals surface area (Å²) in [7, 11) is 0. The van der Waals surface area contributed by atoms with Crippen LogP contribution in [0.3, 0.4) is 0 Å². The third-order valence-corrected chi connectivity index (χ3v) is 4.60. The zero-order chi connectivity index (χ0) is 21.9. The molecule has 30 heavy (non-hydrogen) atoms. The molecule has 1 aliphatic rings. The molecule has 2 heterocycles. The van der Waals surface area contributed by atoms with E-state index in [1.165, 1.54) is 6.92 Å². The van der Waals surface area contributed by atoms with E-state index in [9.17, 15) is 19.2 Å². The Hall–Kier alpha value is -3.82. The molecule has 0 spiro atoms. The van der Waals surface area contributed by atoms with Gasteiger partial charge in [-0.3, -0.25) is 19.3 Å². The molecule has 158 valence electrons. The number of carbonyl (C=O) groups excluding carboxylic acids is 4. The number of nitrogens with zero attached hydrogens (tertiary/aromatic N) is 1. The molecule has 2 aromatic rings. The van der Waals surface area contributed by atoms with E-state index in [0.29, 0.717) is 17.3 Å². The van der Waals surface area contributed by atoms with Crippen molar-refractivity contribution in [2.45, 2.75) is 25.9 Å². The van der Waals surface area contributed by atoms with Gasteiger partial charge >= 0.3 is 6.03 Å². The Morgan fingerprint density at radius 2 is 1.90 bits per heavy atom. The summed E-state index contributed by atoms with van der Waals surface area (Å²) in [6.45, 7) is 2.81. The number of benzene rings is 1. The van der Waals surface area contributed by atoms with Crippen LogP contribution in [0.15, 0.2) is 40.8 Å². The number of aryl methyl sites for hydroxylation is 1. The number of rotatable bonds is 8. The summed E-state index contributed by atoms with van der Waals surface area (Å²) >= 11 is 0. The second kappa shape index (κ2) is 8.27. The highest BCUT2D eigenvalue weighted by Gasteiger charge is 2.51. The molecule has 0 bridgehead atoms. The number of ether oxygens (including phenoxy) is 1. The van der Waals surface area contributed by atoms with Crippen molar-refractivity contribution in [1.82, 2.24) is 15.5 Å². The van der Waals surface area contributed by atoms with Crippen molar-refractivity contribution in [2.75, 3.05) is 13.2 Å². The molecule has 0 radical (unpaired) electrons. The van der Waals surface area contributed by atoms with E-state index in [1.54, 1.807) is 43.3 Å². The van der Waals surface area contributed by atoms with Gasteiger partial charge in [0.1, 0.15) is 23.8 Å². The number of imide groups is 1. The molecule has 1 atom stereocenters. The van der Waals surface area contributed by atoms with E-state index in [2.05, 4.69) is 10.6 Å². The zero-order valence-electron chi connectivity index (χ0n) is 16.6. The molecule has 1 fully saturated rings. The summed E-state index contributed by atoms with van der Waals surface area (Å²) in [5, 5.41) is 5.24. The number of amides is 5. The molecule has 0 saturated carbocycles. The number of nitrogens with one attached hydrogen (secondary N) is 2. The smallest absolute Gasteiger partial charge is 0.325 e. The molecule has 1 aliphatic heterocycles. The normalized spacial score (nSPS) is 18.3. The van der Waals surface area contributed by atoms with Crippen LogP contribution in [0, 0.1) is 6.92 Å². The van der Waals surface area contributed by atoms with E-state index < -0.39 is 35.8 Å². The average Bonchev–Trinajstić information content (AvgIpc) is 3.23. The standard InChI is InChI=1S/C20H22N4O6/c1-12-3-8-15(30-12)20(2)18(27)24(19(28)23-20)10-17(26)22-9-13-4-6-14(7-5-13)29-11-16(21)25/h3-8H,9-11H2,1-2H3,(H2,21,25)(H,22,26)(H,23,28). The quantitative estimate of drug-likeness (QED) is 0.538. The molecule has 10 heteroatoms. The van der Waals surface area contributed by atoms with Crippen LogP contribution < -0.4 is 21.1 Å². The van der Waals surface area contributed by atoms with E-state index in [0.717, 1.165) is 10.5 Å². The van der Waals surface area contributed by atoms with Crippen LogP contribution in [-0.2, 0) is 26.5 Å². The Kier molecular flexibility index (Phi) is 5.77. The Morgan fingerprint density at radius 1 is 1.20 bits per heavy atom. The number of hydrogen-bond acceptors (Lipinski definition) is 6. The Bertz CT molecular complexity index is 983. The molecular weight excluding hydrogens is 392 g/mol. The van der Waals surface area contributed by atoms with Crippen LogP contribution in [0.2, 0.25) is 0 Å². The van der Waals surface area contributed by atoms with Crippen LogP contribution in [0.1, 0.15) is 24.0 Å². The van der Waals surface area contributed by atoms with E-state index >= 15 is 0 Å². The first-order valence-corrected chi connectivity index (χ1v) is 9.17. The van der Waals surface area contributed by atoms with Gasteiger partial charge in [0, 0.05) is 6.54 Å². The Morgan fingerprint density at radius 3 is 2.50 bits per heavy atom. The Balaban J connectivity index is 1.55. The molecule has 4 N–H and O–H groups in total. The minimum absolute atomic E-state index is 0.188. The second-order valence-electron chi connectivity index (χ2n) is 7.03. The Labute approximate surface area is 172 Å². The number of hydrogen-bond donors (Lipinski definition) is 3. The van der Waals surface area contributed by atoms with Gasteiger partial charge < -0.3 is 25.5 Å². The summed E-state index contributed by atoms with van der Waals surface area (Å²) in [4.78, 5) is 48.9. The number of urea groups is 1. The minimum Gasteiger partial charge on any atom is -0.484 e. The van der Waals surface area contributed by atoms with Crippen LogP contribution in [0.4, 0.5) is 4.79 Å². The lowest BCUT2D eigenvalue weighted by Crippen LogP contribution is -2.43. The molecule has 1 aromatic carbocycles. The molecule has 0 aliphatic carbocycles. The van der Waals surface area contributed by atoms with Gasteiger partial charge in [0.25, 0.3) is 11.8 Å². The molecular formula is C20H22N4O6. The predicted octanol–water partition coefficient (Wildman–Crippen LogP) is 0.536. The molecule has 1 unspecified atom stereocenters. The minimum atomic E-state index is -1.35. The van der Waals surface area contributed by atoms with Crippen molar-refractivity contribution < 1.29 is 28.3 Å². The zero-order valence-corrected chi connectivity index (χ0v) is 16.6. The van der Waals surface area contributed by atoms with Crippen molar-refractivity contribution in [2.24, 2.45) is 5.73 Å². The second-order valence-corrected chi connectivity index (χ2v) is 7.03. The molecule has 3 rings (SSSR count). The topological polar surface area (TPSA) is 144 Å². The molecule has 1 aromatic heterocycles. The molecule has 1 saturated heterocycles. The lowest BCUT2D eigenvalue weighted by Gasteiger charge is -2.19. The van der Waals surface area contributed by atoms with Gasteiger partial charge in [-0.1, -0.05) is 12.1 Å². The summed E-state index contributed by atoms with van der Waals surface area (Å²) in [6.07, 6.45) is 0. The largest absolute Gasteiger partial charge is 0.484 e. The third-order valence-electron chi connectivity index (χ3n) is 4.60. The predicted molar refractivity (Wildman–Crippen MR) is 104 cm³/mol. The average molecular weight is 414 g/mol. The van der Waals surface area contributed by atoms with Crippen LogP contribution in [0.25, 0.3) is 0 Å². The number of nitrogens with two attached hydrogens (primary N) is 1. The van der Waals surface area contributed by atoms with Crippen LogP contribution in [0.5, 0.6) is 5.75 Å². The van der Waals surface area contributed by atoms with E-state index in [-0.39, 0.29) is 13.2 Å². The van der Waals surface area contributed by atoms with Gasteiger partial charge in [-0.15, -0.1) is 0 Å². The summed E-state index contributed by atoms with van der Waals surface area (Å²) < 4.78 is 10.6. The number of carbonyl (C=O) groups is 4. The number of primary amides is 1. The fraction of sp³-hybridized carbons (Fsp3) is 0.300. The maximum atomic E-state index is 12.8. The van der Waals surface area contributed by atoms with Gasteiger partial charge in [0.15, 0.2) is 12.1 Å². The lowest BCUT2D eigenvalue weighted by molar-refractivity contribution is -0.135. The van der Waals surface area contributed by atoms with Crippen LogP contribution >= 0.6 is 0 Å². The fourth-order valence-corrected chi connectivity index (χ4v) is 2.97. The highest BCUT2D eigenvalue weighted by Crippen LogP contribution is 2.29. The summed E-state index contributed by atoms with van der Waals surface area (Å²) in [5.74, 6) is -0.253. The van der Waals surface area contributed by atoms with Gasteiger partial charge in [0.05, 0.1) is 0 Å². The van der Waals surface area contributed by atoms with Crippen molar-refractivity contribution in [3.05, 3.63) is 53.5 Å². The van der Waals surface area contributed by atoms with Crippen molar-refractivity contribution in [1.29, 1.82) is 0 Å². The molecule has 5 amide bonds. The number of furan rings is 1.